The molecule has 0 aliphatic carbocycles. The zero-order valence-corrected chi connectivity index (χ0v) is 17.4. The summed E-state index contributed by atoms with van der Waals surface area (Å²) in [6.45, 7) is 7.56. The van der Waals surface area contributed by atoms with E-state index >= 15 is 0 Å². The van der Waals surface area contributed by atoms with Crippen molar-refractivity contribution in [3.05, 3.63) is 35.9 Å². The highest BCUT2D eigenvalue weighted by Gasteiger charge is 2.26. The van der Waals surface area contributed by atoms with E-state index in [1.54, 1.807) is 20.8 Å². The van der Waals surface area contributed by atoms with Gasteiger partial charge in [0.25, 0.3) is 0 Å². The number of hydrogen-bond acceptors (Lipinski definition) is 5. The van der Waals surface area contributed by atoms with Gasteiger partial charge in [-0.15, -0.1) is 0 Å². The minimum Gasteiger partial charge on any atom is -0.467 e. The predicted octanol–water partition coefficient (Wildman–Crippen LogP) is 2.83. The van der Waals surface area contributed by atoms with Crippen LogP contribution in [0, 0.1) is 5.92 Å². The van der Waals surface area contributed by atoms with Gasteiger partial charge in [-0.3, -0.25) is 4.79 Å². The van der Waals surface area contributed by atoms with E-state index in [0.717, 1.165) is 5.56 Å². The van der Waals surface area contributed by atoms with Crippen LogP contribution in [0.3, 0.4) is 0 Å². The highest BCUT2D eigenvalue weighted by atomic mass is 16.6. The molecule has 0 radical (unpaired) electrons. The first-order valence-electron chi connectivity index (χ1n) is 9.55. The lowest BCUT2D eigenvalue weighted by atomic mass is 9.99. The molecule has 1 aromatic carbocycles. The fourth-order valence-corrected chi connectivity index (χ4v) is 2.66. The fourth-order valence-electron chi connectivity index (χ4n) is 2.66. The Morgan fingerprint density at radius 1 is 1.11 bits per heavy atom. The number of benzene rings is 1. The van der Waals surface area contributed by atoms with Gasteiger partial charge in [0.1, 0.15) is 11.6 Å². The van der Waals surface area contributed by atoms with Crippen molar-refractivity contribution in [3.63, 3.8) is 0 Å². The Kier molecular flexibility index (Phi) is 9.48. The maximum atomic E-state index is 12.6. The molecule has 2 amide bonds. The van der Waals surface area contributed by atoms with Crippen LogP contribution in [0.1, 0.15) is 46.1 Å². The highest BCUT2D eigenvalue weighted by Crippen LogP contribution is 2.11. The van der Waals surface area contributed by atoms with E-state index in [-0.39, 0.29) is 11.8 Å². The van der Waals surface area contributed by atoms with Crippen molar-refractivity contribution < 1.29 is 23.9 Å². The number of hydrogen-bond donors (Lipinski definition) is 2. The second-order valence-electron chi connectivity index (χ2n) is 7.60. The van der Waals surface area contributed by atoms with Crippen molar-refractivity contribution in [3.8, 4) is 0 Å². The predicted molar refractivity (Wildman–Crippen MR) is 107 cm³/mol. The van der Waals surface area contributed by atoms with E-state index in [4.69, 9.17) is 9.47 Å². The molecule has 0 aliphatic heterocycles. The molecule has 7 heteroatoms. The van der Waals surface area contributed by atoms with Gasteiger partial charge >= 0.3 is 12.1 Å². The average molecular weight is 392 g/mol. The van der Waals surface area contributed by atoms with Crippen LogP contribution in [0.5, 0.6) is 0 Å². The molecule has 1 aromatic rings. The first-order valence-corrected chi connectivity index (χ1v) is 9.55. The molecule has 7 nitrogen and oxygen atoms in total. The van der Waals surface area contributed by atoms with Crippen LogP contribution < -0.4 is 10.6 Å². The third-order valence-electron chi connectivity index (χ3n) is 4.11. The summed E-state index contributed by atoms with van der Waals surface area (Å²) >= 11 is 0. The lowest BCUT2D eigenvalue weighted by molar-refractivity contribution is -0.145. The summed E-state index contributed by atoms with van der Waals surface area (Å²) in [5, 5.41) is 5.44. The summed E-state index contributed by atoms with van der Waals surface area (Å²) in [4.78, 5) is 36.4. The van der Waals surface area contributed by atoms with Gasteiger partial charge < -0.3 is 20.1 Å². The first-order chi connectivity index (χ1) is 13.2. The van der Waals surface area contributed by atoms with Crippen molar-refractivity contribution in [1.82, 2.24) is 10.6 Å². The number of rotatable bonds is 9. The van der Waals surface area contributed by atoms with Crippen LogP contribution >= 0.6 is 0 Å². The average Bonchev–Trinajstić information content (AvgIpc) is 2.63. The molecule has 0 saturated heterocycles. The molecule has 0 aliphatic rings. The quantitative estimate of drug-likeness (QED) is 0.630. The molecule has 0 saturated carbocycles. The van der Waals surface area contributed by atoms with E-state index in [1.165, 1.54) is 7.11 Å². The monoisotopic (exact) mass is 392 g/mol. The normalized spacial score (nSPS) is 13.2. The van der Waals surface area contributed by atoms with E-state index in [1.807, 2.05) is 37.3 Å². The first kappa shape index (κ1) is 23.5. The van der Waals surface area contributed by atoms with Crippen molar-refractivity contribution in [2.45, 2.75) is 58.6 Å². The van der Waals surface area contributed by atoms with Crippen molar-refractivity contribution in [1.29, 1.82) is 0 Å². The summed E-state index contributed by atoms with van der Waals surface area (Å²) in [5.74, 6) is -1.06. The summed E-state index contributed by atoms with van der Waals surface area (Å²) in [7, 11) is 1.30. The maximum absolute atomic E-state index is 12.6. The molecule has 0 aromatic heterocycles. The van der Waals surface area contributed by atoms with Gasteiger partial charge in [-0.05, 0) is 39.2 Å². The zero-order chi connectivity index (χ0) is 21.2. The molecule has 0 fully saturated rings. The Balaban J connectivity index is 2.61. The number of alkyl carbamates (subject to hydrolysis) is 1. The molecule has 1 rings (SSSR count). The number of ether oxygens (including phenoxy) is 2. The highest BCUT2D eigenvalue weighted by molar-refractivity contribution is 5.86. The second kappa shape index (κ2) is 11.3. The minimum absolute atomic E-state index is 0.236. The zero-order valence-electron chi connectivity index (χ0n) is 17.4. The smallest absolute Gasteiger partial charge is 0.407 e. The van der Waals surface area contributed by atoms with Crippen molar-refractivity contribution in [2.75, 3.05) is 13.7 Å². The van der Waals surface area contributed by atoms with Gasteiger partial charge in [0, 0.05) is 18.9 Å². The number of nitrogens with one attached hydrogen (secondary N) is 2. The van der Waals surface area contributed by atoms with E-state index in [0.29, 0.717) is 25.8 Å². The number of esters is 1. The van der Waals surface area contributed by atoms with Crippen LogP contribution in [0.4, 0.5) is 4.79 Å². The molecule has 0 bridgehead atoms. The molecule has 0 heterocycles. The number of carbonyl (C=O) groups is 3. The Morgan fingerprint density at radius 3 is 2.29 bits per heavy atom. The van der Waals surface area contributed by atoms with Crippen LogP contribution in [0.25, 0.3) is 0 Å². The summed E-state index contributed by atoms with van der Waals surface area (Å²) in [6, 6.07) is 8.67. The Labute approximate surface area is 167 Å². The van der Waals surface area contributed by atoms with E-state index in [9.17, 15) is 14.4 Å². The fraction of sp³-hybridized carbons (Fsp3) is 0.571. The molecule has 0 spiro atoms. The molecular weight excluding hydrogens is 360 g/mol. The SMILES string of the molecule is CC[C@H](CCNC(=O)OC(C)(C)C)C(=O)N[C@@H](Cc1ccccc1)C(=O)OC. The Bertz CT molecular complexity index is 640. The van der Waals surface area contributed by atoms with Gasteiger partial charge in [-0.25, -0.2) is 9.59 Å². The van der Waals surface area contributed by atoms with Gasteiger partial charge in [0.05, 0.1) is 7.11 Å². The lowest BCUT2D eigenvalue weighted by Gasteiger charge is -2.22. The third-order valence-corrected chi connectivity index (χ3v) is 4.11. The Hall–Kier alpha value is -2.57. The Morgan fingerprint density at radius 2 is 1.75 bits per heavy atom. The molecule has 2 atom stereocenters. The van der Waals surface area contributed by atoms with Crippen molar-refractivity contribution in [2.24, 2.45) is 5.92 Å². The summed E-state index contributed by atoms with van der Waals surface area (Å²) in [5.41, 5.74) is 0.356. The van der Waals surface area contributed by atoms with Gasteiger partial charge in [0.2, 0.25) is 5.91 Å². The number of amides is 2. The number of carbonyl (C=O) groups excluding carboxylic acids is 3. The van der Waals surface area contributed by atoms with Crippen molar-refractivity contribution >= 4 is 18.0 Å². The van der Waals surface area contributed by atoms with Crippen LogP contribution in [-0.4, -0.2) is 43.3 Å². The van der Waals surface area contributed by atoms with Crippen LogP contribution in [0.2, 0.25) is 0 Å². The topological polar surface area (TPSA) is 93.7 Å². The number of methoxy groups -OCH3 is 1. The minimum atomic E-state index is -0.757. The van der Waals surface area contributed by atoms with Gasteiger partial charge in [0.15, 0.2) is 0 Å². The molecule has 156 valence electrons. The second-order valence-corrected chi connectivity index (χ2v) is 7.60. The van der Waals surface area contributed by atoms with E-state index in [2.05, 4.69) is 10.6 Å². The van der Waals surface area contributed by atoms with Gasteiger partial charge in [-0.2, -0.15) is 0 Å². The largest absolute Gasteiger partial charge is 0.467 e. The van der Waals surface area contributed by atoms with Gasteiger partial charge in [-0.1, -0.05) is 37.3 Å². The molecule has 2 N–H and O–H groups in total. The molecular formula is C21H32N2O5. The maximum Gasteiger partial charge on any atom is 0.407 e. The van der Waals surface area contributed by atoms with Crippen LogP contribution in [-0.2, 0) is 25.5 Å². The summed E-state index contributed by atoms with van der Waals surface area (Å²) in [6.07, 6.45) is 0.868. The molecule has 0 unspecified atom stereocenters. The standard InChI is InChI=1S/C21H32N2O5/c1-6-16(12-13-22-20(26)28-21(2,3)4)18(24)23-17(19(25)27-5)14-15-10-8-7-9-11-15/h7-11,16-17H,6,12-14H2,1-5H3,(H,22,26)(H,23,24)/t16-,17+/m1/s1. The van der Waals surface area contributed by atoms with E-state index < -0.39 is 23.7 Å². The van der Waals surface area contributed by atoms with Crippen LogP contribution in [0.15, 0.2) is 30.3 Å². The lowest BCUT2D eigenvalue weighted by Crippen LogP contribution is -2.46. The summed E-state index contributed by atoms with van der Waals surface area (Å²) < 4.78 is 10.0. The molecule has 28 heavy (non-hydrogen) atoms. The third kappa shape index (κ3) is 8.88.